The molecule has 0 saturated heterocycles. The molecule has 0 aliphatic rings. The molecule has 0 amide bonds. The van der Waals surface area contributed by atoms with E-state index in [1.54, 1.807) is 6.08 Å². The summed E-state index contributed by atoms with van der Waals surface area (Å²) in [7, 11) is 0. The molecule has 0 aliphatic carbocycles. The molecule has 82 valence electrons. The van der Waals surface area contributed by atoms with Crippen LogP contribution in [0, 0.1) is 0 Å². The number of hydrogen-bond acceptors (Lipinski definition) is 2. The van der Waals surface area contributed by atoms with Gasteiger partial charge in [0.1, 0.15) is 23.0 Å². The van der Waals surface area contributed by atoms with E-state index in [-0.39, 0.29) is 0 Å². The second-order valence-electron chi connectivity index (χ2n) is 3.44. The van der Waals surface area contributed by atoms with Gasteiger partial charge in [0, 0.05) is 6.42 Å². The van der Waals surface area contributed by atoms with Crippen LogP contribution in [-0.4, -0.2) is 0 Å². The number of hydrogen-bond donors (Lipinski definition) is 0. The molecule has 0 radical (unpaired) electrons. The minimum absolute atomic E-state index is 0.772. The predicted molar refractivity (Wildman–Crippen MR) is 65.8 cm³/mol. The molecule has 2 rings (SSSR count). The molecule has 2 aromatic rings. The van der Waals surface area contributed by atoms with E-state index in [1.165, 1.54) is 0 Å². The lowest BCUT2D eigenvalue weighted by Gasteiger charge is -1.87. The first kappa shape index (κ1) is 10.6. The Kier molecular flexibility index (Phi) is 3.10. The standard InChI is InChI=1S/C14H14O2/c1-3-11-5-7-13(15-11)9-10-14-8-6-12(4-2)16-14/h3,5-10H,1,4H2,2H3/b10-9-. The fourth-order valence-corrected chi connectivity index (χ4v) is 1.41. The zero-order chi connectivity index (χ0) is 11.4. The topological polar surface area (TPSA) is 26.3 Å². The molecule has 0 bridgehead atoms. The Morgan fingerprint density at radius 1 is 1.00 bits per heavy atom. The third kappa shape index (κ3) is 2.34. The van der Waals surface area contributed by atoms with E-state index in [0.717, 1.165) is 29.5 Å². The number of aryl methyl sites for hydroxylation is 1. The summed E-state index contributed by atoms with van der Waals surface area (Å²) in [5.41, 5.74) is 0. The molecule has 0 fully saturated rings. The Morgan fingerprint density at radius 3 is 2.19 bits per heavy atom. The molecular formula is C14H14O2. The van der Waals surface area contributed by atoms with E-state index in [1.807, 2.05) is 36.4 Å². The highest BCUT2D eigenvalue weighted by Gasteiger charge is 1.97. The van der Waals surface area contributed by atoms with Crippen molar-refractivity contribution >= 4 is 18.2 Å². The van der Waals surface area contributed by atoms with E-state index in [0.29, 0.717) is 0 Å². The number of rotatable bonds is 4. The smallest absolute Gasteiger partial charge is 0.127 e. The fraction of sp³-hybridized carbons (Fsp3) is 0.143. The lowest BCUT2D eigenvalue weighted by Crippen LogP contribution is -1.69. The van der Waals surface area contributed by atoms with Crippen molar-refractivity contribution in [3.63, 3.8) is 0 Å². The van der Waals surface area contributed by atoms with Gasteiger partial charge in [0.2, 0.25) is 0 Å². The first-order valence-corrected chi connectivity index (χ1v) is 5.31. The van der Waals surface area contributed by atoms with Gasteiger partial charge in [0.05, 0.1) is 0 Å². The van der Waals surface area contributed by atoms with E-state index < -0.39 is 0 Å². The molecular weight excluding hydrogens is 200 g/mol. The van der Waals surface area contributed by atoms with Crippen LogP contribution in [0.3, 0.4) is 0 Å². The molecule has 2 nitrogen and oxygen atoms in total. The van der Waals surface area contributed by atoms with Crippen molar-refractivity contribution in [2.45, 2.75) is 13.3 Å². The SMILES string of the molecule is C=Cc1ccc(/C=C\c2ccc(CC)o2)o1. The lowest BCUT2D eigenvalue weighted by atomic mass is 10.3. The van der Waals surface area contributed by atoms with Gasteiger partial charge < -0.3 is 8.83 Å². The molecule has 2 aromatic heterocycles. The highest BCUT2D eigenvalue weighted by Crippen LogP contribution is 2.14. The maximum Gasteiger partial charge on any atom is 0.127 e. The van der Waals surface area contributed by atoms with Crippen LogP contribution in [0.5, 0.6) is 0 Å². The Balaban J connectivity index is 2.11. The Morgan fingerprint density at radius 2 is 1.62 bits per heavy atom. The van der Waals surface area contributed by atoms with E-state index in [2.05, 4.69) is 13.5 Å². The van der Waals surface area contributed by atoms with Crippen molar-refractivity contribution in [1.82, 2.24) is 0 Å². The third-order valence-electron chi connectivity index (χ3n) is 2.29. The maximum atomic E-state index is 5.54. The quantitative estimate of drug-likeness (QED) is 0.760. The molecule has 0 N–H and O–H groups in total. The van der Waals surface area contributed by atoms with Crippen LogP contribution in [0.4, 0.5) is 0 Å². The van der Waals surface area contributed by atoms with Crippen molar-refractivity contribution < 1.29 is 8.83 Å². The minimum Gasteiger partial charge on any atom is -0.462 e. The molecule has 0 aliphatic heterocycles. The molecule has 2 heterocycles. The zero-order valence-electron chi connectivity index (χ0n) is 9.27. The zero-order valence-corrected chi connectivity index (χ0v) is 9.27. The van der Waals surface area contributed by atoms with Crippen molar-refractivity contribution in [2.24, 2.45) is 0 Å². The van der Waals surface area contributed by atoms with Gasteiger partial charge in [-0.05, 0) is 42.5 Å². The van der Waals surface area contributed by atoms with E-state index >= 15 is 0 Å². The Hall–Kier alpha value is -1.96. The van der Waals surface area contributed by atoms with Crippen LogP contribution in [0.15, 0.2) is 39.7 Å². The van der Waals surface area contributed by atoms with E-state index in [4.69, 9.17) is 8.83 Å². The average molecular weight is 214 g/mol. The van der Waals surface area contributed by atoms with Gasteiger partial charge in [-0.15, -0.1) is 0 Å². The van der Waals surface area contributed by atoms with Gasteiger partial charge in [-0.1, -0.05) is 13.5 Å². The monoisotopic (exact) mass is 214 g/mol. The Bertz CT molecular complexity index is 500. The van der Waals surface area contributed by atoms with Crippen molar-refractivity contribution in [2.75, 3.05) is 0 Å². The molecule has 0 unspecified atom stereocenters. The van der Waals surface area contributed by atoms with Crippen LogP contribution in [0.25, 0.3) is 18.2 Å². The van der Waals surface area contributed by atoms with Crippen LogP contribution < -0.4 is 0 Å². The Labute approximate surface area is 94.9 Å². The van der Waals surface area contributed by atoms with Gasteiger partial charge in [0.25, 0.3) is 0 Å². The summed E-state index contributed by atoms with van der Waals surface area (Å²) in [6.45, 7) is 5.71. The van der Waals surface area contributed by atoms with Gasteiger partial charge in [0.15, 0.2) is 0 Å². The molecule has 0 spiro atoms. The highest BCUT2D eigenvalue weighted by molar-refractivity contribution is 5.65. The summed E-state index contributed by atoms with van der Waals surface area (Å²) in [5, 5.41) is 0. The minimum atomic E-state index is 0.772. The van der Waals surface area contributed by atoms with Crippen LogP contribution in [0.1, 0.15) is 30.0 Å². The normalized spacial score (nSPS) is 11.1. The van der Waals surface area contributed by atoms with E-state index in [9.17, 15) is 0 Å². The summed E-state index contributed by atoms with van der Waals surface area (Å²) < 4.78 is 11.0. The third-order valence-corrected chi connectivity index (χ3v) is 2.29. The first-order valence-electron chi connectivity index (χ1n) is 5.31. The van der Waals surface area contributed by atoms with Crippen LogP contribution >= 0.6 is 0 Å². The molecule has 0 aromatic carbocycles. The van der Waals surface area contributed by atoms with Crippen molar-refractivity contribution in [3.05, 3.63) is 53.9 Å². The summed E-state index contributed by atoms with van der Waals surface area (Å²) in [6, 6.07) is 7.72. The summed E-state index contributed by atoms with van der Waals surface area (Å²) in [6.07, 6.45) is 6.37. The van der Waals surface area contributed by atoms with Crippen LogP contribution in [-0.2, 0) is 6.42 Å². The predicted octanol–water partition coefficient (Wildman–Crippen LogP) is 4.25. The van der Waals surface area contributed by atoms with Gasteiger partial charge in [-0.3, -0.25) is 0 Å². The summed E-state index contributed by atoms with van der Waals surface area (Å²) in [5.74, 6) is 3.40. The highest BCUT2D eigenvalue weighted by atomic mass is 16.3. The van der Waals surface area contributed by atoms with Crippen molar-refractivity contribution in [3.8, 4) is 0 Å². The van der Waals surface area contributed by atoms with Crippen LogP contribution in [0.2, 0.25) is 0 Å². The first-order chi connectivity index (χ1) is 7.81. The molecule has 2 heteroatoms. The number of furan rings is 2. The molecule has 0 saturated carbocycles. The molecule has 16 heavy (non-hydrogen) atoms. The van der Waals surface area contributed by atoms with Gasteiger partial charge >= 0.3 is 0 Å². The lowest BCUT2D eigenvalue weighted by molar-refractivity contribution is 0.507. The second-order valence-corrected chi connectivity index (χ2v) is 3.44. The summed E-state index contributed by atoms with van der Waals surface area (Å²) >= 11 is 0. The average Bonchev–Trinajstić information content (AvgIpc) is 2.95. The molecule has 0 atom stereocenters. The maximum absolute atomic E-state index is 5.54. The second kappa shape index (κ2) is 4.71. The van der Waals surface area contributed by atoms with Crippen molar-refractivity contribution in [1.29, 1.82) is 0 Å². The fourth-order valence-electron chi connectivity index (χ4n) is 1.41. The largest absolute Gasteiger partial charge is 0.462 e. The van der Waals surface area contributed by atoms with Gasteiger partial charge in [-0.2, -0.15) is 0 Å². The summed E-state index contributed by atoms with van der Waals surface area (Å²) in [4.78, 5) is 0. The van der Waals surface area contributed by atoms with Gasteiger partial charge in [-0.25, -0.2) is 0 Å².